The van der Waals surface area contributed by atoms with E-state index >= 15 is 0 Å². The summed E-state index contributed by atoms with van der Waals surface area (Å²) in [5.41, 5.74) is 3.53. The van der Waals surface area contributed by atoms with Crippen LogP contribution in [0.15, 0.2) is 35.7 Å². The first-order valence-corrected chi connectivity index (χ1v) is 11.1. The zero-order valence-electron chi connectivity index (χ0n) is 17.7. The van der Waals surface area contributed by atoms with Crippen LogP contribution < -0.4 is 0 Å². The molecule has 29 heavy (non-hydrogen) atoms. The average Bonchev–Trinajstić information content (AvgIpc) is 3.20. The van der Waals surface area contributed by atoms with Gasteiger partial charge in [-0.05, 0) is 54.8 Å². The first-order chi connectivity index (χ1) is 14.0. The molecule has 2 heterocycles. The molecule has 0 radical (unpaired) electrons. The van der Waals surface area contributed by atoms with Crippen LogP contribution in [0.3, 0.4) is 0 Å². The number of carbonyl (C=O) groups is 2. The Morgan fingerprint density at radius 2 is 2.03 bits per heavy atom. The first-order valence-electron chi connectivity index (χ1n) is 10.2. The molecule has 6 heteroatoms. The standard InChI is InChI=1S/C23H30N2O3S/c1-5-17(3)25(22(27)15-28-4)14-21(26)24-12-10-20-19(11-13-29-20)23(24)18-9-7-6-8-16(18)2/h6-9,11,13,17,23H,5,10,12,14-15H2,1-4H3/t17-,23+/m1/s1. The van der Waals surface area contributed by atoms with E-state index in [1.165, 1.54) is 23.1 Å². The van der Waals surface area contributed by atoms with Crippen molar-refractivity contribution in [3.05, 3.63) is 57.3 Å². The van der Waals surface area contributed by atoms with Gasteiger partial charge in [0, 0.05) is 24.6 Å². The Balaban J connectivity index is 1.92. The molecular formula is C23H30N2O3S. The SMILES string of the molecule is CC[C@@H](C)N(CC(=O)N1CCc2sccc2[C@@H]1c1ccccc1C)C(=O)COC. The minimum absolute atomic E-state index is 0.00643. The largest absolute Gasteiger partial charge is 0.375 e. The molecule has 1 aromatic heterocycles. The number of hydrogen-bond donors (Lipinski definition) is 0. The molecule has 0 unspecified atom stereocenters. The van der Waals surface area contributed by atoms with Gasteiger partial charge in [0.2, 0.25) is 11.8 Å². The molecule has 0 fully saturated rings. The summed E-state index contributed by atoms with van der Waals surface area (Å²) in [5, 5.41) is 2.11. The molecule has 0 bridgehead atoms. The molecule has 1 aromatic carbocycles. The molecule has 0 saturated carbocycles. The van der Waals surface area contributed by atoms with E-state index in [1.54, 1.807) is 16.2 Å². The maximum Gasteiger partial charge on any atom is 0.249 e. The minimum Gasteiger partial charge on any atom is -0.375 e. The molecule has 0 N–H and O–H groups in total. The lowest BCUT2D eigenvalue weighted by Crippen LogP contribution is -2.50. The number of rotatable bonds is 7. The second-order valence-electron chi connectivity index (χ2n) is 7.61. The van der Waals surface area contributed by atoms with Gasteiger partial charge in [-0.1, -0.05) is 31.2 Å². The van der Waals surface area contributed by atoms with Crippen molar-refractivity contribution in [2.24, 2.45) is 0 Å². The Labute approximate surface area is 177 Å². The number of fused-ring (bicyclic) bond motifs is 1. The summed E-state index contributed by atoms with van der Waals surface area (Å²) in [4.78, 5) is 31.0. The molecule has 0 saturated heterocycles. The third-order valence-electron chi connectivity index (χ3n) is 5.79. The van der Waals surface area contributed by atoms with E-state index in [0.29, 0.717) is 6.54 Å². The molecule has 2 atom stereocenters. The van der Waals surface area contributed by atoms with Gasteiger partial charge in [0.25, 0.3) is 0 Å². The van der Waals surface area contributed by atoms with E-state index in [1.807, 2.05) is 30.9 Å². The summed E-state index contributed by atoms with van der Waals surface area (Å²) in [6, 6.07) is 10.3. The van der Waals surface area contributed by atoms with E-state index in [4.69, 9.17) is 4.74 Å². The van der Waals surface area contributed by atoms with E-state index < -0.39 is 0 Å². The summed E-state index contributed by atoms with van der Waals surface area (Å²) in [5.74, 6) is -0.157. The van der Waals surface area contributed by atoms with Crippen molar-refractivity contribution in [3.63, 3.8) is 0 Å². The number of carbonyl (C=O) groups excluding carboxylic acids is 2. The fraction of sp³-hybridized carbons (Fsp3) is 0.478. The van der Waals surface area contributed by atoms with Crippen LogP contribution in [0.5, 0.6) is 0 Å². The lowest BCUT2D eigenvalue weighted by molar-refractivity contribution is -0.145. The highest BCUT2D eigenvalue weighted by molar-refractivity contribution is 7.10. The number of ether oxygens (including phenoxy) is 1. The third-order valence-corrected chi connectivity index (χ3v) is 6.78. The van der Waals surface area contributed by atoms with Gasteiger partial charge < -0.3 is 14.5 Å². The van der Waals surface area contributed by atoms with Crippen LogP contribution in [0, 0.1) is 6.92 Å². The van der Waals surface area contributed by atoms with Crippen molar-refractivity contribution in [2.75, 3.05) is 26.8 Å². The minimum atomic E-state index is -0.143. The van der Waals surface area contributed by atoms with Crippen LogP contribution in [-0.2, 0) is 20.7 Å². The maximum atomic E-state index is 13.5. The zero-order valence-corrected chi connectivity index (χ0v) is 18.5. The maximum absolute atomic E-state index is 13.5. The first kappa shape index (κ1) is 21.5. The number of nitrogens with zero attached hydrogens (tertiary/aromatic N) is 2. The molecule has 2 aromatic rings. The molecule has 5 nitrogen and oxygen atoms in total. The van der Waals surface area contributed by atoms with Crippen molar-refractivity contribution >= 4 is 23.2 Å². The molecular weight excluding hydrogens is 384 g/mol. The summed E-state index contributed by atoms with van der Waals surface area (Å²) in [7, 11) is 1.51. The number of amides is 2. The highest BCUT2D eigenvalue weighted by Crippen LogP contribution is 2.39. The fourth-order valence-electron chi connectivity index (χ4n) is 3.97. The van der Waals surface area contributed by atoms with Gasteiger partial charge in [-0.25, -0.2) is 0 Å². The van der Waals surface area contributed by atoms with Crippen LogP contribution in [0.25, 0.3) is 0 Å². The van der Waals surface area contributed by atoms with E-state index in [-0.39, 0.29) is 37.0 Å². The molecule has 1 aliphatic rings. The van der Waals surface area contributed by atoms with Crippen molar-refractivity contribution in [3.8, 4) is 0 Å². The highest BCUT2D eigenvalue weighted by Gasteiger charge is 2.35. The van der Waals surface area contributed by atoms with Gasteiger partial charge in [-0.15, -0.1) is 11.3 Å². The van der Waals surface area contributed by atoms with Crippen LogP contribution in [0.1, 0.15) is 47.9 Å². The molecule has 156 valence electrons. The lowest BCUT2D eigenvalue weighted by Gasteiger charge is -2.39. The Morgan fingerprint density at radius 3 is 2.72 bits per heavy atom. The number of hydrogen-bond acceptors (Lipinski definition) is 4. The summed E-state index contributed by atoms with van der Waals surface area (Å²) < 4.78 is 5.03. The van der Waals surface area contributed by atoms with Gasteiger partial charge in [0.15, 0.2) is 0 Å². The summed E-state index contributed by atoms with van der Waals surface area (Å²) >= 11 is 1.76. The molecule has 1 aliphatic heterocycles. The Bertz CT molecular complexity index is 863. The third kappa shape index (κ3) is 4.54. The van der Waals surface area contributed by atoms with Crippen molar-refractivity contribution in [2.45, 2.75) is 45.7 Å². The molecule has 0 spiro atoms. The lowest BCUT2D eigenvalue weighted by atomic mass is 9.90. The number of thiophene rings is 1. The fourth-order valence-corrected chi connectivity index (χ4v) is 4.87. The van der Waals surface area contributed by atoms with Crippen molar-refractivity contribution in [1.82, 2.24) is 9.80 Å². The number of aryl methyl sites for hydroxylation is 1. The van der Waals surface area contributed by atoms with Crippen molar-refractivity contribution in [1.29, 1.82) is 0 Å². The Hall–Kier alpha value is -2.18. The van der Waals surface area contributed by atoms with Gasteiger partial charge in [-0.3, -0.25) is 9.59 Å². The quantitative estimate of drug-likeness (QED) is 0.692. The topological polar surface area (TPSA) is 49.9 Å². The van der Waals surface area contributed by atoms with Gasteiger partial charge in [0.05, 0.1) is 6.04 Å². The van der Waals surface area contributed by atoms with Crippen molar-refractivity contribution < 1.29 is 14.3 Å². The monoisotopic (exact) mass is 414 g/mol. The molecule has 3 rings (SSSR count). The molecule has 2 amide bonds. The second kappa shape index (κ2) is 9.55. The predicted molar refractivity (Wildman–Crippen MR) is 116 cm³/mol. The van der Waals surface area contributed by atoms with E-state index in [9.17, 15) is 9.59 Å². The van der Waals surface area contributed by atoms with E-state index in [2.05, 4.69) is 30.5 Å². The second-order valence-corrected chi connectivity index (χ2v) is 8.61. The zero-order chi connectivity index (χ0) is 21.0. The highest BCUT2D eigenvalue weighted by atomic mass is 32.1. The summed E-state index contributed by atoms with van der Waals surface area (Å²) in [6.07, 6.45) is 1.65. The Morgan fingerprint density at radius 1 is 1.28 bits per heavy atom. The van der Waals surface area contributed by atoms with Crippen LogP contribution >= 0.6 is 11.3 Å². The Kier molecular flexibility index (Phi) is 7.09. The van der Waals surface area contributed by atoms with Crippen LogP contribution in [-0.4, -0.2) is 54.5 Å². The van der Waals surface area contributed by atoms with Crippen LogP contribution in [0.4, 0.5) is 0 Å². The van der Waals surface area contributed by atoms with Gasteiger partial charge in [0.1, 0.15) is 13.2 Å². The smallest absolute Gasteiger partial charge is 0.249 e. The van der Waals surface area contributed by atoms with E-state index in [0.717, 1.165) is 18.4 Å². The average molecular weight is 415 g/mol. The number of methoxy groups -OCH3 is 1. The number of benzene rings is 1. The molecule has 0 aliphatic carbocycles. The van der Waals surface area contributed by atoms with Gasteiger partial charge in [-0.2, -0.15) is 0 Å². The van der Waals surface area contributed by atoms with Crippen LogP contribution in [0.2, 0.25) is 0 Å². The predicted octanol–water partition coefficient (Wildman–Crippen LogP) is 3.80. The normalized spacial score (nSPS) is 17.0. The van der Waals surface area contributed by atoms with Gasteiger partial charge >= 0.3 is 0 Å². The summed E-state index contributed by atoms with van der Waals surface area (Å²) in [6.45, 7) is 6.83.